The minimum atomic E-state index is -3.91. The van der Waals surface area contributed by atoms with E-state index >= 15 is 0 Å². The number of fused-ring (bicyclic) bond motifs is 1. The SMILES string of the molecule is [2H]CN[C@@H](C)C(=O)NCc1cccc(Cn2nc(NS(=O)(=O)c3ccc(Cl)s3)c3c(OC)cccc32)c1. The quantitative estimate of drug-likeness (QED) is 0.277. The van der Waals surface area contributed by atoms with Crippen LogP contribution < -0.4 is 20.1 Å². The van der Waals surface area contributed by atoms with Gasteiger partial charge in [0.1, 0.15) is 9.96 Å². The average molecular weight is 549 g/mol. The van der Waals surface area contributed by atoms with Gasteiger partial charge in [-0.2, -0.15) is 5.10 Å². The molecule has 0 radical (unpaired) electrons. The lowest BCUT2D eigenvalue weighted by atomic mass is 10.1. The molecule has 1 atom stereocenters. The van der Waals surface area contributed by atoms with Crippen LogP contribution in [0.5, 0.6) is 5.75 Å². The molecule has 0 aliphatic rings. The monoisotopic (exact) mass is 548 g/mol. The third-order valence-electron chi connectivity index (χ3n) is 5.49. The van der Waals surface area contributed by atoms with Crippen molar-refractivity contribution in [3.8, 4) is 5.75 Å². The van der Waals surface area contributed by atoms with Crippen LogP contribution in [0.2, 0.25) is 4.34 Å². The minimum Gasteiger partial charge on any atom is -0.496 e. The number of carbonyl (C=O) groups is 1. The van der Waals surface area contributed by atoms with E-state index in [-0.39, 0.29) is 23.0 Å². The molecule has 0 aliphatic carbocycles. The average Bonchev–Trinajstić information content (AvgIpc) is 3.47. The van der Waals surface area contributed by atoms with Crippen molar-refractivity contribution in [3.63, 3.8) is 0 Å². The Morgan fingerprint density at radius 1 is 1.22 bits per heavy atom. The molecular formula is C24H26ClN5O4S2. The van der Waals surface area contributed by atoms with Gasteiger partial charge in [0, 0.05) is 7.92 Å². The summed E-state index contributed by atoms with van der Waals surface area (Å²) in [5.41, 5.74) is 2.50. The van der Waals surface area contributed by atoms with E-state index in [2.05, 4.69) is 20.5 Å². The third-order valence-corrected chi connectivity index (χ3v) is 8.56. The van der Waals surface area contributed by atoms with E-state index in [1.54, 1.807) is 17.7 Å². The molecular weight excluding hydrogens is 522 g/mol. The second-order valence-corrected chi connectivity index (χ2v) is 11.6. The van der Waals surface area contributed by atoms with Crippen molar-refractivity contribution in [1.82, 2.24) is 20.4 Å². The highest BCUT2D eigenvalue weighted by molar-refractivity contribution is 7.94. The van der Waals surface area contributed by atoms with E-state index in [0.717, 1.165) is 22.5 Å². The fourth-order valence-corrected chi connectivity index (χ4v) is 6.12. The maximum Gasteiger partial charge on any atom is 0.272 e. The first-order valence-electron chi connectivity index (χ1n) is 11.6. The Balaban J connectivity index is 1.61. The van der Waals surface area contributed by atoms with E-state index in [1.807, 2.05) is 36.4 Å². The van der Waals surface area contributed by atoms with Crippen LogP contribution in [0, 0.1) is 0 Å². The van der Waals surface area contributed by atoms with Crippen molar-refractivity contribution < 1.29 is 19.3 Å². The van der Waals surface area contributed by atoms with Crippen LogP contribution >= 0.6 is 22.9 Å². The molecule has 4 aromatic rings. The Hall–Kier alpha value is -3.12. The van der Waals surface area contributed by atoms with Crippen molar-refractivity contribution in [3.05, 3.63) is 70.1 Å². The van der Waals surface area contributed by atoms with E-state index in [4.69, 9.17) is 17.7 Å². The predicted molar refractivity (Wildman–Crippen MR) is 142 cm³/mol. The van der Waals surface area contributed by atoms with Gasteiger partial charge in [-0.3, -0.25) is 14.2 Å². The Labute approximate surface area is 219 Å². The third kappa shape index (κ3) is 5.65. The van der Waals surface area contributed by atoms with Crippen LogP contribution in [0.1, 0.15) is 19.4 Å². The Morgan fingerprint density at radius 2 is 2.00 bits per heavy atom. The van der Waals surface area contributed by atoms with Crippen LogP contribution in [-0.4, -0.2) is 44.3 Å². The van der Waals surface area contributed by atoms with E-state index < -0.39 is 16.1 Å². The fraction of sp³-hybridized carbons (Fsp3) is 0.250. The molecule has 36 heavy (non-hydrogen) atoms. The molecule has 12 heteroatoms. The molecule has 0 saturated heterocycles. The number of nitrogens with zero attached hydrogens (tertiary/aromatic N) is 2. The highest BCUT2D eigenvalue weighted by Crippen LogP contribution is 2.35. The fourth-order valence-electron chi connectivity index (χ4n) is 3.62. The summed E-state index contributed by atoms with van der Waals surface area (Å²) in [6, 6.07) is 15.6. The number of ether oxygens (including phenoxy) is 1. The smallest absolute Gasteiger partial charge is 0.272 e. The highest BCUT2D eigenvalue weighted by Gasteiger charge is 2.23. The maximum atomic E-state index is 13.0. The van der Waals surface area contributed by atoms with Crippen molar-refractivity contribution >= 4 is 55.6 Å². The van der Waals surface area contributed by atoms with Crippen molar-refractivity contribution in [2.24, 2.45) is 0 Å². The standard InChI is InChI=1S/C24H26ClN5O4S2/c1-15(26-2)24(31)27-13-16-6-4-7-17(12-16)14-30-18-8-5-9-19(34-3)22(18)23(28-30)29-36(32,33)21-11-10-20(25)35-21/h4-12,15,26H,13-14H2,1-3H3,(H,27,31)(H,28,29)/t15-/m0/s1/i2D. The van der Waals surface area contributed by atoms with Crippen LogP contribution in [0.25, 0.3) is 10.9 Å². The summed E-state index contributed by atoms with van der Waals surface area (Å²) in [5, 5.41) is 10.7. The normalized spacial score (nSPS) is 12.8. The minimum absolute atomic E-state index is 0.0358. The first-order valence-corrected chi connectivity index (χ1v) is 13.6. The molecule has 0 aliphatic heterocycles. The molecule has 2 aromatic carbocycles. The van der Waals surface area contributed by atoms with Gasteiger partial charge in [-0.15, -0.1) is 11.3 Å². The van der Waals surface area contributed by atoms with Crippen molar-refractivity contribution in [1.29, 1.82) is 0 Å². The van der Waals surface area contributed by atoms with Gasteiger partial charge in [0.25, 0.3) is 10.0 Å². The molecule has 9 nitrogen and oxygen atoms in total. The summed E-state index contributed by atoms with van der Waals surface area (Å²) in [4.78, 5) is 12.2. The van der Waals surface area contributed by atoms with E-state index in [9.17, 15) is 13.2 Å². The second kappa shape index (κ2) is 10.9. The molecule has 0 unspecified atom stereocenters. The number of hydrogen-bond acceptors (Lipinski definition) is 7. The molecule has 0 bridgehead atoms. The number of aromatic nitrogens is 2. The summed E-state index contributed by atoms with van der Waals surface area (Å²) >= 11 is 6.90. The number of nitrogens with one attached hydrogen (secondary N) is 3. The van der Waals surface area contributed by atoms with Gasteiger partial charge < -0.3 is 15.4 Å². The summed E-state index contributed by atoms with van der Waals surface area (Å²) in [7, 11) is -2.43. The maximum absolute atomic E-state index is 13.0. The molecule has 190 valence electrons. The number of benzene rings is 2. The summed E-state index contributed by atoms with van der Waals surface area (Å²) < 4.78 is 43.4. The van der Waals surface area contributed by atoms with Gasteiger partial charge >= 0.3 is 0 Å². The summed E-state index contributed by atoms with van der Waals surface area (Å²) in [6.07, 6.45) is 0. The summed E-state index contributed by atoms with van der Waals surface area (Å²) in [5.74, 6) is 0.445. The van der Waals surface area contributed by atoms with Crippen molar-refractivity contribution in [2.75, 3.05) is 18.9 Å². The lowest BCUT2D eigenvalue weighted by Gasteiger charge is -2.12. The number of likely N-dealkylation sites (N-methyl/N-ethyl adjacent to an activating group) is 1. The molecule has 1 amide bonds. The van der Waals surface area contributed by atoms with E-state index in [0.29, 0.717) is 34.1 Å². The number of anilines is 1. The largest absolute Gasteiger partial charge is 0.496 e. The molecule has 0 fully saturated rings. The van der Waals surface area contributed by atoms with E-state index in [1.165, 1.54) is 19.2 Å². The summed E-state index contributed by atoms with van der Waals surface area (Å²) in [6.45, 7) is 2.39. The topological polar surface area (TPSA) is 114 Å². The lowest BCUT2D eigenvalue weighted by molar-refractivity contribution is -0.122. The van der Waals surface area contributed by atoms with Gasteiger partial charge in [0.05, 0.1) is 34.9 Å². The molecule has 2 heterocycles. The first kappa shape index (κ1) is 24.6. The molecule has 3 N–H and O–H groups in total. The zero-order chi connectivity index (χ0) is 26.6. The van der Waals surface area contributed by atoms with Crippen LogP contribution in [0.4, 0.5) is 5.82 Å². The zero-order valence-corrected chi connectivity index (χ0v) is 22.0. The van der Waals surface area contributed by atoms with Crippen LogP contribution in [-0.2, 0) is 27.9 Å². The van der Waals surface area contributed by atoms with Gasteiger partial charge in [-0.25, -0.2) is 8.42 Å². The van der Waals surface area contributed by atoms with Gasteiger partial charge in [0.2, 0.25) is 5.91 Å². The number of amides is 1. The molecule has 0 saturated carbocycles. The Kier molecular flexibility index (Phi) is 7.42. The molecule has 2 aromatic heterocycles. The number of halogens is 1. The number of methoxy groups -OCH3 is 1. The molecule has 0 spiro atoms. The van der Waals surface area contributed by atoms with Crippen LogP contribution in [0.15, 0.2) is 58.8 Å². The first-order chi connectivity index (χ1) is 17.7. The number of carbonyl (C=O) groups excluding carboxylic acids is 1. The number of rotatable bonds is 10. The van der Waals surface area contributed by atoms with Gasteiger partial charge in [-0.1, -0.05) is 41.9 Å². The number of sulfonamides is 1. The van der Waals surface area contributed by atoms with Gasteiger partial charge in [0.15, 0.2) is 5.82 Å². The molecule has 4 rings (SSSR count). The van der Waals surface area contributed by atoms with Crippen LogP contribution in [0.3, 0.4) is 0 Å². The Bertz CT molecular complexity index is 1520. The number of hydrogen-bond donors (Lipinski definition) is 3. The van der Waals surface area contributed by atoms with Crippen molar-refractivity contribution in [2.45, 2.75) is 30.3 Å². The number of thiophene rings is 1. The second-order valence-electron chi connectivity index (χ2n) is 7.99. The Morgan fingerprint density at radius 3 is 2.72 bits per heavy atom. The van der Waals surface area contributed by atoms with Gasteiger partial charge in [-0.05, 0) is 49.3 Å². The zero-order valence-electron chi connectivity index (χ0n) is 20.6. The highest BCUT2D eigenvalue weighted by atomic mass is 35.5. The predicted octanol–water partition coefficient (Wildman–Crippen LogP) is 3.83. The lowest BCUT2D eigenvalue weighted by Crippen LogP contribution is -2.39.